The van der Waals surface area contributed by atoms with E-state index in [2.05, 4.69) is 27.3 Å². The number of aromatic nitrogens is 1. The van der Waals surface area contributed by atoms with Gasteiger partial charge in [-0.15, -0.1) is 0 Å². The van der Waals surface area contributed by atoms with E-state index in [1.54, 1.807) is 24.1 Å². The highest BCUT2D eigenvalue weighted by molar-refractivity contribution is 7.93. The molecule has 1 aromatic heterocycles. The molecule has 3 aliphatic rings. The summed E-state index contributed by atoms with van der Waals surface area (Å²) in [5, 5.41) is 2.01. The van der Waals surface area contributed by atoms with Crippen LogP contribution in [-0.4, -0.2) is 113 Å². The number of fused-ring (bicyclic) bond motifs is 1. The van der Waals surface area contributed by atoms with Gasteiger partial charge in [-0.25, -0.2) is 22.7 Å². The Labute approximate surface area is 291 Å². The maximum absolute atomic E-state index is 15.1. The number of nitrogens with zero attached hydrogens (tertiary/aromatic N) is 5. The zero-order valence-electron chi connectivity index (χ0n) is 28.0. The number of amides is 2. The van der Waals surface area contributed by atoms with E-state index >= 15 is 4.79 Å². The van der Waals surface area contributed by atoms with E-state index in [-0.39, 0.29) is 45.0 Å². The average Bonchev–Trinajstić information content (AvgIpc) is 3.37. The third kappa shape index (κ3) is 6.20. The summed E-state index contributed by atoms with van der Waals surface area (Å²) in [5.74, 6) is -1.43. The standard InChI is InChI=1S/C34H41ClN6O7S/c1-5-48-31-26(7-6-14-36-31)34(32(42)37-40-15-12-24(13-16-40)39-19-17-38(2)18-20-39)27-21-23(35)8-10-28(27)41(33(34)43)49(44,45)30-11-9-25(46-3)22-29(30)47-4/h6-11,14,21-22,24H,5,12-13,15-20H2,1-4H3,(H,37,42). The molecule has 1 N–H and O–H groups in total. The van der Waals surface area contributed by atoms with Gasteiger partial charge in [0.1, 0.15) is 16.4 Å². The Kier molecular flexibility index (Phi) is 10.1. The monoisotopic (exact) mass is 712 g/mol. The van der Waals surface area contributed by atoms with E-state index < -0.39 is 27.3 Å². The number of likely N-dealkylation sites (N-methyl/N-ethyl adjacent to an activating group) is 1. The number of hydrazine groups is 1. The van der Waals surface area contributed by atoms with Gasteiger partial charge in [0, 0.05) is 73.7 Å². The lowest BCUT2D eigenvalue weighted by molar-refractivity contribution is -0.137. The third-order valence-corrected chi connectivity index (χ3v) is 11.5. The van der Waals surface area contributed by atoms with Crippen LogP contribution in [-0.2, 0) is 25.0 Å². The van der Waals surface area contributed by atoms with Crippen LogP contribution in [0.5, 0.6) is 17.4 Å². The summed E-state index contributed by atoms with van der Waals surface area (Å²) in [5.41, 5.74) is 0.912. The molecule has 13 nitrogen and oxygen atoms in total. The van der Waals surface area contributed by atoms with E-state index in [1.807, 2.05) is 0 Å². The number of carbonyl (C=O) groups excluding carboxylic acids is 2. The van der Waals surface area contributed by atoms with E-state index in [9.17, 15) is 13.2 Å². The maximum atomic E-state index is 15.1. The molecule has 0 spiro atoms. The van der Waals surface area contributed by atoms with Gasteiger partial charge in [-0.1, -0.05) is 17.7 Å². The van der Waals surface area contributed by atoms with Crippen molar-refractivity contribution in [2.75, 3.05) is 71.4 Å². The molecule has 2 amide bonds. The Morgan fingerprint density at radius 1 is 1.00 bits per heavy atom. The molecule has 2 saturated heterocycles. The number of carbonyl (C=O) groups is 2. The minimum absolute atomic E-state index is 0.0227. The second-order valence-electron chi connectivity index (χ2n) is 12.3. The van der Waals surface area contributed by atoms with Gasteiger partial charge in [-0.3, -0.25) is 19.9 Å². The third-order valence-electron chi connectivity index (χ3n) is 9.55. The Bertz CT molecular complexity index is 1830. The lowest BCUT2D eigenvalue weighted by Gasteiger charge is -2.42. The second kappa shape index (κ2) is 14.1. The van der Waals surface area contributed by atoms with Crippen LogP contribution in [0.4, 0.5) is 5.69 Å². The highest BCUT2D eigenvalue weighted by atomic mass is 35.5. The van der Waals surface area contributed by atoms with Crippen LogP contribution in [0, 0.1) is 0 Å². The van der Waals surface area contributed by atoms with E-state index in [4.69, 9.17) is 25.8 Å². The number of methoxy groups -OCH3 is 2. The molecule has 0 radical (unpaired) electrons. The Morgan fingerprint density at radius 3 is 2.41 bits per heavy atom. The topological polar surface area (TPSA) is 134 Å². The lowest BCUT2D eigenvalue weighted by atomic mass is 9.74. The number of halogens is 1. The molecule has 262 valence electrons. The molecule has 3 aliphatic heterocycles. The lowest BCUT2D eigenvalue weighted by Crippen LogP contribution is -2.59. The minimum Gasteiger partial charge on any atom is -0.497 e. The molecule has 2 fully saturated rings. The van der Waals surface area contributed by atoms with Crippen LogP contribution >= 0.6 is 11.6 Å². The molecule has 1 atom stereocenters. The first-order valence-electron chi connectivity index (χ1n) is 16.2. The number of hydrogen-bond donors (Lipinski definition) is 1. The first-order valence-corrected chi connectivity index (χ1v) is 18.1. The highest BCUT2D eigenvalue weighted by Gasteiger charge is 2.62. The second-order valence-corrected chi connectivity index (χ2v) is 14.5. The molecule has 4 heterocycles. The summed E-state index contributed by atoms with van der Waals surface area (Å²) in [4.78, 5) is 39.0. The predicted molar refractivity (Wildman–Crippen MR) is 184 cm³/mol. The van der Waals surface area contributed by atoms with Crippen molar-refractivity contribution >= 4 is 39.1 Å². The summed E-state index contributed by atoms with van der Waals surface area (Å²) in [6, 6.07) is 12.1. The summed E-state index contributed by atoms with van der Waals surface area (Å²) in [6.07, 6.45) is 3.13. The first-order chi connectivity index (χ1) is 23.6. The van der Waals surface area contributed by atoms with Crippen molar-refractivity contribution in [2.45, 2.75) is 36.1 Å². The fraction of sp³-hybridized carbons (Fsp3) is 0.441. The number of piperidine rings is 1. The van der Waals surface area contributed by atoms with Gasteiger partial charge in [-0.2, -0.15) is 0 Å². The smallest absolute Gasteiger partial charge is 0.274 e. The Morgan fingerprint density at radius 2 is 1.73 bits per heavy atom. The Balaban J connectivity index is 1.44. The number of anilines is 1. The van der Waals surface area contributed by atoms with Gasteiger partial charge < -0.3 is 19.1 Å². The van der Waals surface area contributed by atoms with Crippen molar-refractivity contribution in [3.63, 3.8) is 0 Å². The normalized spacial score (nSPS) is 21.0. The van der Waals surface area contributed by atoms with Crippen molar-refractivity contribution in [1.29, 1.82) is 0 Å². The molecule has 0 saturated carbocycles. The number of nitrogens with one attached hydrogen (secondary N) is 1. The average molecular weight is 713 g/mol. The fourth-order valence-electron chi connectivity index (χ4n) is 6.97. The van der Waals surface area contributed by atoms with E-state index in [0.717, 1.165) is 39.0 Å². The number of hydrogen-bond acceptors (Lipinski definition) is 11. The molecule has 6 rings (SSSR count). The molecular formula is C34H41ClN6O7S. The quantitative estimate of drug-likeness (QED) is 0.311. The van der Waals surface area contributed by atoms with Gasteiger partial charge in [-0.05, 0) is 63.2 Å². The molecule has 49 heavy (non-hydrogen) atoms. The van der Waals surface area contributed by atoms with Gasteiger partial charge >= 0.3 is 0 Å². The first kappa shape index (κ1) is 34.9. The molecule has 15 heteroatoms. The molecule has 0 bridgehead atoms. The van der Waals surface area contributed by atoms with Gasteiger partial charge in [0.2, 0.25) is 5.88 Å². The number of rotatable bonds is 10. The van der Waals surface area contributed by atoms with Crippen molar-refractivity contribution < 1.29 is 32.2 Å². The van der Waals surface area contributed by atoms with Gasteiger partial charge in [0.15, 0.2) is 5.41 Å². The van der Waals surface area contributed by atoms with Crippen molar-refractivity contribution in [2.24, 2.45) is 0 Å². The summed E-state index contributed by atoms with van der Waals surface area (Å²) < 4.78 is 46.4. The van der Waals surface area contributed by atoms with Crippen molar-refractivity contribution in [3.8, 4) is 17.4 Å². The van der Waals surface area contributed by atoms with E-state index in [0.29, 0.717) is 29.2 Å². The summed E-state index contributed by atoms with van der Waals surface area (Å²) >= 11 is 6.53. The van der Waals surface area contributed by atoms with Crippen LogP contribution in [0.25, 0.3) is 0 Å². The summed E-state index contributed by atoms with van der Waals surface area (Å²) in [6.45, 7) is 7.04. The van der Waals surface area contributed by atoms with Crippen LogP contribution in [0.2, 0.25) is 5.02 Å². The SMILES string of the molecule is CCOc1ncccc1C1(C(=O)NN2CCC(N3CCN(C)CC3)CC2)C(=O)N(S(=O)(=O)c2ccc(OC)cc2OC)c2ccc(Cl)cc21. The van der Waals surface area contributed by atoms with Gasteiger partial charge in [0.05, 0.1) is 26.5 Å². The molecular weight excluding hydrogens is 672 g/mol. The fourth-order valence-corrected chi connectivity index (χ4v) is 8.75. The molecule has 2 aromatic carbocycles. The predicted octanol–water partition coefficient (Wildman–Crippen LogP) is 2.92. The van der Waals surface area contributed by atoms with Crippen LogP contribution < -0.4 is 23.9 Å². The Hall–Kier alpha value is -3.95. The van der Waals surface area contributed by atoms with Crippen LogP contribution in [0.15, 0.2) is 59.6 Å². The van der Waals surface area contributed by atoms with Crippen molar-refractivity contribution in [1.82, 2.24) is 25.2 Å². The number of sulfonamides is 1. The molecule has 0 aliphatic carbocycles. The summed E-state index contributed by atoms with van der Waals surface area (Å²) in [7, 11) is 0.210. The van der Waals surface area contributed by atoms with Crippen molar-refractivity contribution in [3.05, 3.63) is 70.9 Å². The van der Waals surface area contributed by atoms with E-state index in [1.165, 1.54) is 56.8 Å². The zero-order valence-corrected chi connectivity index (χ0v) is 29.6. The van der Waals surface area contributed by atoms with Gasteiger partial charge in [0.25, 0.3) is 21.8 Å². The number of pyridine rings is 1. The molecule has 1 unspecified atom stereocenters. The number of ether oxygens (including phenoxy) is 3. The largest absolute Gasteiger partial charge is 0.497 e. The minimum atomic E-state index is -4.68. The zero-order chi connectivity index (χ0) is 34.9. The van der Waals surface area contributed by atoms with Crippen LogP contribution in [0.1, 0.15) is 30.9 Å². The number of piperazine rings is 1. The van der Waals surface area contributed by atoms with Crippen LogP contribution in [0.3, 0.4) is 0 Å². The highest BCUT2D eigenvalue weighted by Crippen LogP contribution is 2.52. The maximum Gasteiger partial charge on any atom is 0.274 e. The molecule has 3 aromatic rings. The number of benzene rings is 2.